The van der Waals surface area contributed by atoms with Gasteiger partial charge in [0.25, 0.3) is 0 Å². The number of aliphatic hydroxyl groups is 4. The number of aliphatic hydroxyl groups excluding tert-OH is 4. The fourth-order valence-electron chi connectivity index (χ4n) is 3.40. The molecule has 1 saturated heterocycles. The first-order valence-corrected chi connectivity index (χ1v) is 10.2. The average Bonchev–Trinajstić information content (AvgIpc) is 2.87. The number of benzene rings is 2. The lowest BCUT2D eigenvalue weighted by molar-refractivity contribution is -0.277. The van der Waals surface area contributed by atoms with Gasteiger partial charge in [0.15, 0.2) is 11.5 Å². The minimum absolute atomic E-state index is 0.00443. The summed E-state index contributed by atoms with van der Waals surface area (Å²) in [6.45, 7) is -0.619. The lowest BCUT2D eigenvalue weighted by Gasteiger charge is -2.39. The third-order valence-corrected chi connectivity index (χ3v) is 5.34. The van der Waals surface area contributed by atoms with E-state index in [-0.39, 0.29) is 22.6 Å². The van der Waals surface area contributed by atoms with Gasteiger partial charge in [-0.05, 0) is 30.3 Å². The molecule has 0 radical (unpaired) electrons. The Kier molecular flexibility index (Phi) is 8.07. The van der Waals surface area contributed by atoms with E-state index in [1.165, 1.54) is 51.7 Å². The van der Waals surface area contributed by atoms with Gasteiger partial charge in [-0.25, -0.2) is 0 Å². The topological polar surface area (TPSA) is 161 Å². The zero-order valence-corrected chi connectivity index (χ0v) is 18.7. The monoisotopic (exact) mass is 478 g/mol. The number of ketones is 2. The molecule has 0 spiro atoms. The third kappa shape index (κ3) is 5.13. The molecule has 0 bridgehead atoms. The van der Waals surface area contributed by atoms with Gasteiger partial charge in [0.1, 0.15) is 35.9 Å². The van der Waals surface area contributed by atoms with Crippen LogP contribution in [0.5, 0.6) is 23.0 Å². The van der Waals surface area contributed by atoms with Crippen molar-refractivity contribution in [1.82, 2.24) is 0 Å². The van der Waals surface area contributed by atoms with E-state index in [2.05, 4.69) is 0 Å². The summed E-state index contributed by atoms with van der Waals surface area (Å²) in [6.07, 6.45) is -7.40. The van der Waals surface area contributed by atoms with Crippen molar-refractivity contribution in [3.63, 3.8) is 0 Å². The van der Waals surface area contributed by atoms with E-state index in [1.54, 1.807) is 6.07 Å². The first-order chi connectivity index (χ1) is 16.2. The molecule has 5 atom stereocenters. The third-order valence-electron chi connectivity index (χ3n) is 5.34. The maximum atomic E-state index is 12.8. The molecule has 3 rings (SSSR count). The van der Waals surface area contributed by atoms with E-state index in [1.807, 2.05) is 0 Å². The molecule has 4 N–H and O–H groups in total. The quantitative estimate of drug-likeness (QED) is 0.283. The number of Topliss-reactive ketones (excluding diaryl/α,β-unsaturated/α-hetero) is 2. The van der Waals surface area contributed by atoms with Gasteiger partial charge >= 0.3 is 0 Å². The standard InChI is InChI=1S/C23H26O11/c1-30-13-6-12(7-14(9-13)31-2)19(26)18(25)11-4-5-15(16(8-11)32-3)33-23-22(29)21(28)20(27)17(10-24)34-23/h4-9,17,20-24,27-29H,10H2,1-3H3/t17-,20-,21+,22-,23-/m1/s1. The highest BCUT2D eigenvalue weighted by molar-refractivity contribution is 6.49. The predicted molar refractivity (Wildman–Crippen MR) is 116 cm³/mol. The van der Waals surface area contributed by atoms with Gasteiger partial charge in [0.05, 0.1) is 27.9 Å². The number of rotatable bonds is 9. The van der Waals surface area contributed by atoms with Gasteiger partial charge in [0.2, 0.25) is 17.9 Å². The Labute approximate surface area is 195 Å². The van der Waals surface area contributed by atoms with Gasteiger partial charge in [0, 0.05) is 17.2 Å². The molecule has 1 fully saturated rings. The van der Waals surface area contributed by atoms with E-state index in [0.717, 1.165) is 0 Å². The summed E-state index contributed by atoms with van der Waals surface area (Å²) in [6, 6.07) is 8.31. The van der Waals surface area contributed by atoms with Crippen LogP contribution in [0.1, 0.15) is 20.7 Å². The molecule has 0 saturated carbocycles. The van der Waals surface area contributed by atoms with Gasteiger partial charge in [-0.1, -0.05) is 0 Å². The Balaban J connectivity index is 1.83. The Morgan fingerprint density at radius 3 is 1.97 bits per heavy atom. The van der Waals surface area contributed by atoms with Crippen LogP contribution >= 0.6 is 0 Å². The molecular weight excluding hydrogens is 452 g/mol. The van der Waals surface area contributed by atoms with Crippen LogP contribution in [0.25, 0.3) is 0 Å². The van der Waals surface area contributed by atoms with E-state index in [9.17, 15) is 30.0 Å². The van der Waals surface area contributed by atoms with Crippen LogP contribution in [0.2, 0.25) is 0 Å². The number of carbonyl (C=O) groups excluding carboxylic acids is 2. The summed E-state index contributed by atoms with van der Waals surface area (Å²) < 4.78 is 26.4. The maximum absolute atomic E-state index is 12.8. The number of hydrogen-bond donors (Lipinski definition) is 4. The first kappa shape index (κ1) is 25.4. The molecule has 11 nitrogen and oxygen atoms in total. The fraction of sp³-hybridized carbons (Fsp3) is 0.391. The van der Waals surface area contributed by atoms with Crippen molar-refractivity contribution in [2.45, 2.75) is 30.7 Å². The summed E-state index contributed by atoms with van der Waals surface area (Å²) in [5.41, 5.74) is 0.0756. The zero-order chi connectivity index (χ0) is 25.0. The van der Waals surface area contributed by atoms with Crippen LogP contribution in [0, 0.1) is 0 Å². The van der Waals surface area contributed by atoms with Crippen molar-refractivity contribution in [2.75, 3.05) is 27.9 Å². The van der Waals surface area contributed by atoms with Gasteiger partial charge in [-0.15, -0.1) is 0 Å². The number of ether oxygens (including phenoxy) is 5. The van der Waals surface area contributed by atoms with Crippen molar-refractivity contribution in [3.8, 4) is 23.0 Å². The molecule has 0 aromatic heterocycles. The molecule has 1 heterocycles. The van der Waals surface area contributed by atoms with Crippen LogP contribution in [-0.4, -0.2) is 90.6 Å². The summed E-state index contributed by atoms with van der Waals surface area (Å²) in [7, 11) is 4.15. The number of methoxy groups -OCH3 is 3. The van der Waals surface area contributed by atoms with Gasteiger partial charge in [-0.2, -0.15) is 0 Å². The molecular formula is C23H26O11. The summed E-state index contributed by atoms with van der Waals surface area (Å²) >= 11 is 0. The Morgan fingerprint density at radius 1 is 0.794 bits per heavy atom. The van der Waals surface area contributed by atoms with Crippen molar-refractivity contribution in [2.24, 2.45) is 0 Å². The Hall–Kier alpha value is -3.22. The van der Waals surface area contributed by atoms with E-state index < -0.39 is 48.9 Å². The molecule has 2 aromatic carbocycles. The highest BCUT2D eigenvalue weighted by Gasteiger charge is 2.45. The molecule has 2 aromatic rings. The second-order valence-electron chi connectivity index (χ2n) is 7.44. The second-order valence-corrected chi connectivity index (χ2v) is 7.44. The first-order valence-electron chi connectivity index (χ1n) is 10.2. The average molecular weight is 478 g/mol. The van der Waals surface area contributed by atoms with E-state index in [4.69, 9.17) is 23.7 Å². The van der Waals surface area contributed by atoms with E-state index >= 15 is 0 Å². The minimum atomic E-state index is -1.63. The van der Waals surface area contributed by atoms with Gasteiger partial charge < -0.3 is 44.1 Å². The lowest BCUT2D eigenvalue weighted by atomic mass is 9.99. The number of carbonyl (C=O) groups is 2. The molecule has 0 amide bonds. The normalized spacial score (nSPS) is 24.3. The Bertz CT molecular complexity index is 1010. The molecule has 1 aliphatic rings. The largest absolute Gasteiger partial charge is 0.497 e. The van der Waals surface area contributed by atoms with Crippen molar-refractivity contribution >= 4 is 11.6 Å². The van der Waals surface area contributed by atoms with E-state index in [0.29, 0.717) is 11.5 Å². The predicted octanol–water partition coefficient (Wildman–Crippen LogP) is -0.0433. The maximum Gasteiger partial charge on any atom is 0.233 e. The molecule has 0 aliphatic carbocycles. The zero-order valence-electron chi connectivity index (χ0n) is 18.7. The fourth-order valence-corrected chi connectivity index (χ4v) is 3.40. The van der Waals surface area contributed by atoms with Crippen molar-refractivity contribution in [3.05, 3.63) is 47.5 Å². The van der Waals surface area contributed by atoms with Crippen LogP contribution in [0.3, 0.4) is 0 Å². The summed E-state index contributed by atoms with van der Waals surface area (Å²) in [4.78, 5) is 25.6. The minimum Gasteiger partial charge on any atom is -0.497 e. The second kappa shape index (κ2) is 10.8. The van der Waals surface area contributed by atoms with Crippen molar-refractivity contribution < 1.29 is 53.7 Å². The molecule has 1 aliphatic heterocycles. The number of hydrogen-bond acceptors (Lipinski definition) is 11. The highest BCUT2D eigenvalue weighted by Crippen LogP contribution is 2.32. The van der Waals surface area contributed by atoms with Crippen LogP contribution in [0.15, 0.2) is 36.4 Å². The smallest absolute Gasteiger partial charge is 0.233 e. The van der Waals surface area contributed by atoms with Crippen LogP contribution < -0.4 is 18.9 Å². The lowest BCUT2D eigenvalue weighted by Crippen LogP contribution is -2.60. The SMILES string of the molecule is COc1cc(OC)cc(C(=O)C(=O)c2ccc(O[C@@H]3O[C@H](CO)[C@@H](O)[C@H](O)[C@H]3O)c(OC)c2)c1. The van der Waals surface area contributed by atoms with Crippen molar-refractivity contribution in [1.29, 1.82) is 0 Å². The van der Waals surface area contributed by atoms with Gasteiger partial charge in [-0.3, -0.25) is 9.59 Å². The molecule has 34 heavy (non-hydrogen) atoms. The molecule has 0 unspecified atom stereocenters. The highest BCUT2D eigenvalue weighted by atomic mass is 16.7. The molecule has 184 valence electrons. The Morgan fingerprint density at radius 2 is 1.41 bits per heavy atom. The summed E-state index contributed by atoms with van der Waals surface area (Å²) in [5, 5.41) is 39.3. The molecule has 11 heteroatoms. The summed E-state index contributed by atoms with van der Waals surface area (Å²) in [5.74, 6) is -0.875. The van der Waals surface area contributed by atoms with Crippen LogP contribution in [0.4, 0.5) is 0 Å². The van der Waals surface area contributed by atoms with Crippen LogP contribution in [-0.2, 0) is 4.74 Å².